The third-order valence-electron chi connectivity index (χ3n) is 3.43. The van der Waals surface area contributed by atoms with Gasteiger partial charge < -0.3 is 9.64 Å². The van der Waals surface area contributed by atoms with E-state index >= 15 is 0 Å². The van der Waals surface area contributed by atoms with Gasteiger partial charge in [-0.15, -0.1) is 0 Å². The molecule has 0 aromatic heterocycles. The van der Waals surface area contributed by atoms with E-state index < -0.39 is 10.0 Å². The van der Waals surface area contributed by atoms with Gasteiger partial charge in [-0.1, -0.05) is 15.9 Å². The number of anilines is 2. The fourth-order valence-electron chi connectivity index (χ4n) is 2.24. The highest BCUT2D eigenvalue weighted by Crippen LogP contribution is 2.33. The molecule has 1 aliphatic heterocycles. The molecule has 0 bridgehead atoms. The van der Waals surface area contributed by atoms with Crippen molar-refractivity contribution in [1.82, 2.24) is 0 Å². The highest BCUT2D eigenvalue weighted by Gasteiger charge is 2.18. The number of benzene rings is 2. The molecule has 0 fully saturated rings. The van der Waals surface area contributed by atoms with Crippen molar-refractivity contribution >= 4 is 37.3 Å². The van der Waals surface area contributed by atoms with Crippen molar-refractivity contribution in [2.75, 3.05) is 29.8 Å². The largest absolute Gasteiger partial charge is 0.490 e. The first kappa shape index (κ1) is 15.2. The Bertz CT molecular complexity index is 791. The number of rotatable bonds is 3. The lowest BCUT2D eigenvalue weighted by Gasteiger charge is -2.28. The van der Waals surface area contributed by atoms with Gasteiger partial charge in [-0.25, -0.2) is 8.42 Å². The summed E-state index contributed by atoms with van der Waals surface area (Å²) >= 11 is 3.29. The first-order chi connectivity index (χ1) is 10.5. The molecule has 5 nitrogen and oxygen atoms in total. The predicted octanol–water partition coefficient (Wildman–Crippen LogP) is 3.08. The summed E-state index contributed by atoms with van der Waals surface area (Å²) in [7, 11) is -1.65. The number of likely N-dealkylation sites (N-methyl/N-ethyl adjacent to an activating group) is 1. The first-order valence-corrected chi connectivity index (χ1v) is 9.00. The van der Waals surface area contributed by atoms with Crippen LogP contribution in [0.15, 0.2) is 51.8 Å². The minimum Gasteiger partial charge on any atom is -0.490 e. The normalized spacial score (nSPS) is 14.2. The quantitative estimate of drug-likeness (QED) is 0.885. The Kier molecular flexibility index (Phi) is 4.01. The lowest BCUT2D eigenvalue weighted by molar-refractivity contribution is 0.311. The second-order valence-electron chi connectivity index (χ2n) is 5.01. The van der Waals surface area contributed by atoms with Crippen molar-refractivity contribution in [2.45, 2.75) is 4.90 Å². The molecule has 3 rings (SSSR count). The zero-order valence-electron chi connectivity index (χ0n) is 11.9. The topological polar surface area (TPSA) is 58.6 Å². The predicted molar refractivity (Wildman–Crippen MR) is 90.2 cm³/mol. The number of hydrogen-bond donors (Lipinski definition) is 1. The van der Waals surface area contributed by atoms with E-state index in [9.17, 15) is 8.42 Å². The van der Waals surface area contributed by atoms with Crippen LogP contribution in [0.5, 0.6) is 5.75 Å². The maximum Gasteiger partial charge on any atom is 0.261 e. The van der Waals surface area contributed by atoms with Crippen molar-refractivity contribution in [3.63, 3.8) is 0 Å². The molecule has 0 radical (unpaired) electrons. The lowest BCUT2D eigenvalue weighted by atomic mass is 10.2. The first-order valence-electron chi connectivity index (χ1n) is 6.72. The summed E-state index contributed by atoms with van der Waals surface area (Å²) in [5.41, 5.74) is 1.39. The van der Waals surface area contributed by atoms with E-state index in [1.54, 1.807) is 42.5 Å². The minimum atomic E-state index is -3.60. The van der Waals surface area contributed by atoms with Gasteiger partial charge in [0, 0.05) is 11.5 Å². The minimum absolute atomic E-state index is 0.220. The van der Waals surface area contributed by atoms with Crippen LogP contribution in [0, 0.1) is 0 Å². The monoisotopic (exact) mass is 382 g/mol. The molecule has 1 aliphatic rings. The Hall–Kier alpha value is -1.73. The molecular weight excluding hydrogens is 368 g/mol. The highest BCUT2D eigenvalue weighted by atomic mass is 79.9. The number of nitrogens with one attached hydrogen (secondary N) is 1. The van der Waals surface area contributed by atoms with Crippen LogP contribution < -0.4 is 14.4 Å². The molecule has 0 unspecified atom stereocenters. The highest BCUT2D eigenvalue weighted by molar-refractivity contribution is 9.10. The molecule has 1 heterocycles. The summed E-state index contributed by atoms with van der Waals surface area (Å²) in [6, 6.07) is 11.8. The molecule has 0 saturated heterocycles. The maximum absolute atomic E-state index is 12.4. The van der Waals surface area contributed by atoms with Gasteiger partial charge in [-0.3, -0.25) is 4.72 Å². The second kappa shape index (κ2) is 5.81. The van der Waals surface area contributed by atoms with Crippen LogP contribution >= 0.6 is 15.9 Å². The maximum atomic E-state index is 12.4. The van der Waals surface area contributed by atoms with E-state index in [2.05, 4.69) is 20.7 Å². The van der Waals surface area contributed by atoms with Crippen LogP contribution in [-0.4, -0.2) is 28.6 Å². The van der Waals surface area contributed by atoms with E-state index in [-0.39, 0.29) is 4.90 Å². The van der Waals surface area contributed by atoms with Crippen molar-refractivity contribution in [3.05, 3.63) is 46.9 Å². The van der Waals surface area contributed by atoms with E-state index in [0.717, 1.165) is 22.5 Å². The van der Waals surface area contributed by atoms with Gasteiger partial charge in [0.1, 0.15) is 12.4 Å². The molecule has 22 heavy (non-hydrogen) atoms. The van der Waals surface area contributed by atoms with E-state index in [4.69, 9.17) is 4.74 Å². The van der Waals surface area contributed by atoms with Gasteiger partial charge in [0.2, 0.25) is 0 Å². The molecule has 116 valence electrons. The molecular formula is C15H15BrN2O3S. The number of fused-ring (bicyclic) bond motifs is 1. The Morgan fingerprint density at radius 3 is 2.64 bits per heavy atom. The van der Waals surface area contributed by atoms with Crippen LogP contribution in [0.25, 0.3) is 0 Å². The number of nitrogens with zero attached hydrogens (tertiary/aromatic N) is 1. The standard InChI is InChI=1S/C15H15BrN2O3S/c1-18-8-9-21-15-7-4-12(10-14(15)18)17-22(19,20)13-5-2-11(16)3-6-13/h2-7,10,17H,8-9H2,1H3. The van der Waals surface area contributed by atoms with Crippen LogP contribution in [0.3, 0.4) is 0 Å². The van der Waals surface area contributed by atoms with Crippen LogP contribution in [0.2, 0.25) is 0 Å². The molecule has 1 N–H and O–H groups in total. The van der Waals surface area contributed by atoms with Gasteiger partial charge >= 0.3 is 0 Å². The zero-order chi connectivity index (χ0) is 15.7. The molecule has 0 aliphatic carbocycles. The summed E-state index contributed by atoms with van der Waals surface area (Å²) in [5, 5.41) is 0. The molecule has 2 aromatic carbocycles. The smallest absolute Gasteiger partial charge is 0.261 e. The Morgan fingerprint density at radius 2 is 1.91 bits per heavy atom. The van der Waals surface area contributed by atoms with Crippen molar-refractivity contribution < 1.29 is 13.2 Å². The number of halogens is 1. The van der Waals surface area contributed by atoms with E-state index in [1.165, 1.54) is 0 Å². The van der Waals surface area contributed by atoms with Crippen LogP contribution in [0.4, 0.5) is 11.4 Å². The molecule has 0 amide bonds. The Morgan fingerprint density at radius 1 is 1.18 bits per heavy atom. The van der Waals surface area contributed by atoms with Crippen molar-refractivity contribution in [1.29, 1.82) is 0 Å². The van der Waals surface area contributed by atoms with Gasteiger partial charge in [0.05, 0.1) is 22.8 Å². The number of sulfonamides is 1. The van der Waals surface area contributed by atoms with E-state index in [1.807, 2.05) is 11.9 Å². The lowest BCUT2D eigenvalue weighted by Crippen LogP contribution is -2.28. The molecule has 2 aromatic rings. The Labute approximate surface area is 138 Å². The van der Waals surface area contributed by atoms with Crippen molar-refractivity contribution in [3.8, 4) is 5.75 Å². The third kappa shape index (κ3) is 3.05. The zero-order valence-corrected chi connectivity index (χ0v) is 14.3. The summed E-state index contributed by atoms with van der Waals surface area (Å²) in [6.45, 7) is 1.41. The van der Waals surface area contributed by atoms with Gasteiger partial charge in [-0.2, -0.15) is 0 Å². The average Bonchev–Trinajstić information content (AvgIpc) is 2.48. The summed E-state index contributed by atoms with van der Waals surface area (Å²) < 4.78 is 33.8. The number of hydrogen-bond acceptors (Lipinski definition) is 4. The van der Waals surface area contributed by atoms with Crippen molar-refractivity contribution in [2.24, 2.45) is 0 Å². The fraction of sp³-hybridized carbons (Fsp3) is 0.200. The van der Waals surface area contributed by atoms with Gasteiger partial charge in [0.15, 0.2) is 0 Å². The molecule has 0 saturated carbocycles. The second-order valence-corrected chi connectivity index (χ2v) is 7.61. The SMILES string of the molecule is CN1CCOc2ccc(NS(=O)(=O)c3ccc(Br)cc3)cc21. The average molecular weight is 383 g/mol. The fourth-order valence-corrected chi connectivity index (χ4v) is 3.56. The summed E-state index contributed by atoms with van der Waals surface area (Å²) in [5.74, 6) is 0.764. The summed E-state index contributed by atoms with van der Waals surface area (Å²) in [4.78, 5) is 2.26. The van der Waals surface area contributed by atoms with Crippen LogP contribution in [-0.2, 0) is 10.0 Å². The summed E-state index contributed by atoms with van der Waals surface area (Å²) in [6.07, 6.45) is 0. The molecule has 0 spiro atoms. The van der Waals surface area contributed by atoms with Gasteiger partial charge in [-0.05, 0) is 42.5 Å². The number of ether oxygens (including phenoxy) is 1. The third-order valence-corrected chi connectivity index (χ3v) is 5.36. The van der Waals surface area contributed by atoms with E-state index in [0.29, 0.717) is 12.3 Å². The Balaban J connectivity index is 1.89. The van der Waals surface area contributed by atoms with Gasteiger partial charge in [0.25, 0.3) is 10.0 Å². The molecule has 0 atom stereocenters. The van der Waals surface area contributed by atoms with Crippen LogP contribution in [0.1, 0.15) is 0 Å². The molecule has 7 heteroatoms.